The summed E-state index contributed by atoms with van der Waals surface area (Å²) in [4.78, 5) is 34.5. The number of halogens is 1. The largest absolute Gasteiger partial charge is 0.507 e. The zero-order chi connectivity index (χ0) is 17.1. The zero-order valence-electron chi connectivity index (χ0n) is 11.8. The minimum atomic E-state index is -1.34. The number of nitrogens with one attached hydrogen (secondary N) is 1. The molecule has 2 atom stereocenters. The maximum Gasteiger partial charge on any atom is 0.339 e. The van der Waals surface area contributed by atoms with Crippen LogP contribution in [0.1, 0.15) is 23.2 Å². The number of anilines is 1. The van der Waals surface area contributed by atoms with Crippen molar-refractivity contribution < 1.29 is 29.7 Å². The SMILES string of the molecule is O=C(O)c1cc(NC(=O)[C@@H]2CC(Cl)=CC[C@H]2C(=O)O)ccc1O. The highest BCUT2D eigenvalue weighted by Gasteiger charge is 2.36. The summed E-state index contributed by atoms with van der Waals surface area (Å²) in [7, 11) is 0. The van der Waals surface area contributed by atoms with Crippen molar-refractivity contribution in [3.8, 4) is 5.75 Å². The molecule has 122 valence electrons. The number of carboxylic acid groups (broad SMARTS) is 2. The molecule has 23 heavy (non-hydrogen) atoms. The Morgan fingerprint density at radius 2 is 1.87 bits per heavy atom. The van der Waals surface area contributed by atoms with Crippen LogP contribution in [0, 0.1) is 11.8 Å². The molecule has 1 aromatic carbocycles. The number of aromatic hydroxyl groups is 1. The van der Waals surface area contributed by atoms with Crippen LogP contribution in [-0.2, 0) is 9.59 Å². The number of aromatic carboxylic acids is 1. The molecule has 0 fully saturated rings. The monoisotopic (exact) mass is 339 g/mol. The van der Waals surface area contributed by atoms with Crippen LogP contribution in [0.2, 0.25) is 0 Å². The summed E-state index contributed by atoms with van der Waals surface area (Å²) in [5.41, 5.74) is -0.209. The maximum atomic E-state index is 12.3. The molecular formula is C15H14ClNO6. The molecule has 0 heterocycles. The number of aliphatic carboxylic acids is 1. The Labute approximate surface area is 136 Å². The predicted octanol–water partition coefficient (Wildman–Crippen LogP) is 2.26. The third kappa shape index (κ3) is 3.81. The summed E-state index contributed by atoms with van der Waals surface area (Å²) >= 11 is 5.89. The summed E-state index contributed by atoms with van der Waals surface area (Å²) in [5, 5.41) is 30.5. The molecule has 0 saturated carbocycles. The van der Waals surface area contributed by atoms with Gasteiger partial charge in [-0.3, -0.25) is 9.59 Å². The molecule has 1 aliphatic rings. The second kappa shape index (κ2) is 6.70. The number of hydrogen-bond acceptors (Lipinski definition) is 4. The van der Waals surface area contributed by atoms with E-state index >= 15 is 0 Å². The summed E-state index contributed by atoms with van der Waals surface area (Å²) < 4.78 is 0. The van der Waals surface area contributed by atoms with E-state index in [9.17, 15) is 24.6 Å². The molecular weight excluding hydrogens is 326 g/mol. The Balaban J connectivity index is 2.21. The fraction of sp³-hybridized carbons (Fsp3) is 0.267. The first-order valence-corrected chi connectivity index (χ1v) is 7.12. The maximum absolute atomic E-state index is 12.3. The average Bonchev–Trinajstić information content (AvgIpc) is 2.48. The molecule has 0 saturated heterocycles. The smallest absolute Gasteiger partial charge is 0.339 e. The first-order valence-electron chi connectivity index (χ1n) is 6.74. The van der Waals surface area contributed by atoms with Crippen molar-refractivity contribution in [1.82, 2.24) is 0 Å². The van der Waals surface area contributed by atoms with Gasteiger partial charge in [0.1, 0.15) is 11.3 Å². The van der Waals surface area contributed by atoms with Crippen LogP contribution < -0.4 is 5.32 Å². The lowest BCUT2D eigenvalue weighted by atomic mass is 9.82. The van der Waals surface area contributed by atoms with Crippen molar-refractivity contribution in [2.24, 2.45) is 11.8 Å². The molecule has 1 amide bonds. The molecule has 0 bridgehead atoms. The quantitative estimate of drug-likeness (QED) is 0.624. The fourth-order valence-corrected chi connectivity index (χ4v) is 2.68. The highest BCUT2D eigenvalue weighted by atomic mass is 35.5. The first kappa shape index (κ1) is 16.8. The van der Waals surface area contributed by atoms with E-state index in [4.69, 9.17) is 16.7 Å². The standard InChI is InChI=1S/C15H14ClNO6/c16-7-1-3-9(14(20)21)10(5-7)13(19)17-8-2-4-12(18)11(6-8)15(22)23/h1-2,4,6,9-10,18H,3,5H2,(H,17,19)(H,20,21)(H,22,23)/t9-,10-/m1/s1. The zero-order valence-corrected chi connectivity index (χ0v) is 12.6. The summed E-state index contributed by atoms with van der Waals surface area (Å²) in [6, 6.07) is 3.57. The van der Waals surface area contributed by atoms with E-state index in [1.165, 1.54) is 6.07 Å². The fourth-order valence-electron chi connectivity index (χ4n) is 2.42. The Hall–Kier alpha value is -2.54. The average molecular weight is 340 g/mol. The predicted molar refractivity (Wildman–Crippen MR) is 81.5 cm³/mol. The number of benzene rings is 1. The Morgan fingerprint density at radius 1 is 1.17 bits per heavy atom. The van der Waals surface area contributed by atoms with Crippen molar-refractivity contribution in [1.29, 1.82) is 0 Å². The molecule has 8 heteroatoms. The van der Waals surface area contributed by atoms with Crippen LogP contribution in [0.4, 0.5) is 5.69 Å². The van der Waals surface area contributed by atoms with Gasteiger partial charge < -0.3 is 20.6 Å². The second-order valence-electron chi connectivity index (χ2n) is 5.17. The van der Waals surface area contributed by atoms with Gasteiger partial charge in [-0.1, -0.05) is 17.7 Å². The summed E-state index contributed by atoms with van der Waals surface area (Å²) in [6.45, 7) is 0. The van der Waals surface area contributed by atoms with Crippen molar-refractivity contribution >= 4 is 35.1 Å². The third-order valence-corrected chi connectivity index (χ3v) is 3.95. The van der Waals surface area contributed by atoms with Crippen molar-refractivity contribution in [2.75, 3.05) is 5.32 Å². The van der Waals surface area contributed by atoms with E-state index in [-0.39, 0.29) is 24.1 Å². The van der Waals surface area contributed by atoms with Gasteiger partial charge in [-0.05, 0) is 31.0 Å². The van der Waals surface area contributed by atoms with Crippen LogP contribution >= 0.6 is 11.6 Å². The molecule has 7 nitrogen and oxygen atoms in total. The van der Waals surface area contributed by atoms with Gasteiger partial charge in [-0.25, -0.2) is 4.79 Å². The van der Waals surface area contributed by atoms with Crippen LogP contribution in [-0.4, -0.2) is 33.2 Å². The van der Waals surface area contributed by atoms with Crippen LogP contribution in [0.5, 0.6) is 5.75 Å². The highest BCUT2D eigenvalue weighted by Crippen LogP contribution is 2.33. The third-order valence-electron chi connectivity index (χ3n) is 3.64. The van der Waals surface area contributed by atoms with E-state index in [1.54, 1.807) is 6.08 Å². The lowest BCUT2D eigenvalue weighted by molar-refractivity contribution is -0.146. The van der Waals surface area contributed by atoms with E-state index in [0.29, 0.717) is 5.03 Å². The number of phenols is 1. The molecule has 0 aromatic heterocycles. The number of hydrogen-bond donors (Lipinski definition) is 4. The highest BCUT2D eigenvalue weighted by molar-refractivity contribution is 6.29. The van der Waals surface area contributed by atoms with Gasteiger partial charge in [0, 0.05) is 10.7 Å². The van der Waals surface area contributed by atoms with Crippen LogP contribution in [0.25, 0.3) is 0 Å². The first-order chi connectivity index (χ1) is 10.8. The van der Waals surface area contributed by atoms with Gasteiger partial charge in [0.05, 0.1) is 11.8 Å². The topological polar surface area (TPSA) is 124 Å². The molecule has 0 unspecified atom stereocenters. The lowest BCUT2D eigenvalue weighted by Crippen LogP contribution is -2.35. The number of carbonyl (C=O) groups excluding carboxylic acids is 1. The molecule has 1 aromatic rings. The van der Waals surface area contributed by atoms with E-state index in [1.807, 2.05) is 0 Å². The second-order valence-corrected chi connectivity index (χ2v) is 5.65. The molecule has 0 aliphatic heterocycles. The summed E-state index contributed by atoms with van der Waals surface area (Å²) in [6.07, 6.45) is 1.84. The number of carboxylic acids is 2. The van der Waals surface area contributed by atoms with Crippen molar-refractivity contribution in [2.45, 2.75) is 12.8 Å². The molecule has 0 radical (unpaired) electrons. The van der Waals surface area contributed by atoms with Gasteiger partial charge in [0.25, 0.3) is 0 Å². The number of carbonyl (C=O) groups is 3. The van der Waals surface area contributed by atoms with Gasteiger partial charge in [0.15, 0.2) is 0 Å². The molecule has 0 spiro atoms. The molecule has 1 aliphatic carbocycles. The number of amides is 1. The minimum Gasteiger partial charge on any atom is -0.507 e. The summed E-state index contributed by atoms with van der Waals surface area (Å²) in [5.74, 6) is -5.18. The van der Waals surface area contributed by atoms with Crippen molar-refractivity contribution in [3.05, 3.63) is 34.9 Å². The normalized spacial score (nSPS) is 20.5. The number of allylic oxidation sites excluding steroid dienone is 2. The molecule has 4 N–H and O–H groups in total. The van der Waals surface area contributed by atoms with Gasteiger partial charge >= 0.3 is 11.9 Å². The van der Waals surface area contributed by atoms with Gasteiger partial charge in [-0.2, -0.15) is 0 Å². The van der Waals surface area contributed by atoms with E-state index in [2.05, 4.69) is 5.32 Å². The van der Waals surface area contributed by atoms with Crippen LogP contribution in [0.3, 0.4) is 0 Å². The van der Waals surface area contributed by atoms with Crippen LogP contribution in [0.15, 0.2) is 29.3 Å². The van der Waals surface area contributed by atoms with Gasteiger partial charge in [-0.15, -0.1) is 0 Å². The van der Waals surface area contributed by atoms with Gasteiger partial charge in [0.2, 0.25) is 5.91 Å². The number of rotatable bonds is 4. The van der Waals surface area contributed by atoms with E-state index in [0.717, 1.165) is 12.1 Å². The van der Waals surface area contributed by atoms with E-state index < -0.39 is 35.4 Å². The Kier molecular flexibility index (Phi) is 4.90. The van der Waals surface area contributed by atoms with Crippen molar-refractivity contribution in [3.63, 3.8) is 0 Å². The minimum absolute atomic E-state index is 0.105. The Morgan fingerprint density at radius 3 is 2.48 bits per heavy atom. The molecule has 2 rings (SSSR count). The Bertz CT molecular complexity index is 699. The lowest BCUT2D eigenvalue weighted by Gasteiger charge is -2.25.